The number of urea groups is 1. The molecule has 1 atom stereocenters. The van der Waals surface area contributed by atoms with E-state index in [-0.39, 0.29) is 18.0 Å². The van der Waals surface area contributed by atoms with Crippen molar-refractivity contribution >= 4 is 23.5 Å². The monoisotopic (exact) mass is 309 g/mol. The Labute approximate surface area is 129 Å². The van der Waals surface area contributed by atoms with E-state index in [2.05, 4.69) is 10.6 Å². The molecule has 1 saturated heterocycles. The second-order valence-corrected chi connectivity index (χ2v) is 5.50. The molecular weight excluding hydrogens is 290 g/mol. The number of rotatable bonds is 4. The van der Waals surface area contributed by atoms with E-state index in [0.717, 1.165) is 12.0 Å². The lowest BCUT2D eigenvalue weighted by molar-refractivity contribution is -0.129. The van der Waals surface area contributed by atoms with Crippen molar-refractivity contribution in [2.24, 2.45) is 0 Å². The lowest BCUT2D eigenvalue weighted by Crippen LogP contribution is -2.43. The van der Waals surface area contributed by atoms with E-state index in [0.29, 0.717) is 31.1 Å². The zero-order chi connectivity index (χ0) is 15.2. The molecule has 2 rings (SSSR count). The minimum absolute atomic E-state index is 0.0201. The molecule has 0 unspecified atom stereocenters. The number of hydrogen-bond acceptors (Lipinski definition) is 2. The van der Waals surface area contributed by atoms with Crippen LogP contribution in [0.25, 0.3) is 0 Å². The fraction of sp³-hybridized carbons (Fsp3) is 0.467. The molecule has 21 heavy (non-hydrogen) atoms. The Hall–Kier alpha value is -1.75. The maximum absolute atomic E-state index is 11.9. The van der Waals surface area contributed by atoms with Crippen LogP contribution in [0.2, 0.25) is 5.02 Å². The van der Waals surface area contributed by atoms with Crippen LogP contribution in [0.3, 0.4) is 0 Å². The van der Waals surface area contributed by atoms with Crippen molar-refractivity contribution in [3.8, 4) is 0 Å². The summed E-state index contributed by atoms with van der Waals surface area (Å²) in [4.78, 5) is 25.2. The van der Waals surface area contributed by atoms with Crippen LogP contribution in [-0.4, -0.2) is 36.0 Å². The Morgan fingerprint density at radius 3 is 2.86 bits per heavy atom. The number of carbonyl (C=O) groups excluding carboxylic acids is 2. The second-order valence-electron chi connectivity index (χ2n) is 5.10. The SMILES string of the molecule is CCC(=O)N1CC[C@@H](NC(=O)NCc2ccccc2Cl)C1. The lowest BCUT2D eigenvalue weighted by Gasteiger charge is -2.16. The van der Waals surface area contributed by atoms with Crippen molar-refractivity contribution in [2.75, 3.05) is 13.1 Å². The molecule has 1 fully saturated rings. The predicted molar refractivity (Wildman–Crippen MR) is 82.1 cm³/mol. The summed E-state index contributed by atoms with van der Waals surface area (Å²) < 4.78 is 0. The van der Waals surface area contributed by atoms with Crippen LogP contribution in [0.5, 0.6) is 0 Å². The summed E-state index contributed by atoms with van der Waals surface area (Å²) in [6.45, 7) is 3.53. The van der Waals surface area contributed by atoms with Gasteiger partial charge in [0.25, 0.3) is 0 Å². The van der Waals surface area contributed by atoms with Crippen LogP contribution >= 0.6 is 11.6 Å². The molecule has 0 bridgehead atoms. The molecule has 1 aromatic carbocycles. The van der Waals surface area contributed by atoms with Gasteiger partial charge in [-0.1, -0.05) is 36.7 Å². The summed E-state index contributed by atoms with van der Waals surface area (Å²) in [6, 6.07) is 7.19. The summed E-state index contributed by atoms with van der Waals surface area (Å²) in [5.41, 5.74) is 0.878. The van der Waals surface area contributed by atoms with E-state index in [4.69, 9.17) is 11.6 Å². The van der Waals surface area contributed by atoms with Gasteiger partial charge in [0.05, 0.1) is 0 Å². The van der Waals surface area contributed by atoms with Gasteiger partial charge in [-0.05, 0) is 18.1 Å². The molecule has 0 aromatic heterocycles. The number of halogens is 1. The maximum atomic E-state index is 11.9. The molecule has 2 N–H and O–H groups in total. The molecule has 5 nitrogen and oxygen atoms in total. The molecule has 0 radical (unpaired) electrons. The minimum Gasteiger partial charge on any atom is -0.341 e. The number of benzene rings is 1. The van der Waals surface area contributed by atoms with Crippen LogP contribution in [0, 0.1) is 0 Å². The van der Waals surface area contributed by atoms with E-state index in [1.165, 1.54) is 0 Å². The fourth-order valence-corrected chi connectivity index (χ4v) is 2.58. The van der Waals surface area contributed by atoms with Crippen LogP contribution < -0.4 is 10.6 Å². The van der Waals surface area contributed by atoms with Gasteiger partial charge in [0.15, 0.2) is 0 Å². The van der Waals surface area contributed by atoms with Crippen LogP contribution in [0.4, 0.5) is 4.79 Å². The topological polar surface area (TPSA) is 61.4 Å². The molecular formula is C15H20ClN3O2. The van der Waals surface area contributed by atoms with Gasteiger partial charge in [0.1, 0.15) is 0 Å². The zero-order valence-electron chi connectivity index (χ0n) is 12.1. The van der Waals surface area contributed by atoms with E-state index in [1.807, 2.05) is 25.1 Å². The number of hydrogen-bond donors (Lipinski definition) is 2. The number of carbonyl (C=O) groups is 2. The molecule has 0 spiro atoms. The van der Waals surface area contributed by atoms with Gasteiger partial charge in [-0.3, -0.25) is 4.79 Å². The van der Waals surface area contributed by atoms with Gasteiger partial charge < -0.3 is 15.5 Å². The minimum atomic E-state index is -0.231. The second kappa shape index (κ2) is 7.31. The van der Waals surface area contributed by atoms with Crippen molar-refractivity contribution in [1.29, 1.82) is 0 Å². The van der Waals surface area contributed by atoms with Crippen molar-refractivity contribution in [2.45, 2.75) is 32.4 Å². The number of nitrogens with one attached hydrogen (secondary N) is 2. The summed E-state index contributed by atoms with van der Waals surface area (Å²) in [7, 11) is 0. The van der Waals surface area contributed by atoms with E-state index in [1.54, 1.807) is 11.0 Å². The largest absolute Gasteiger partial charge is 0.341 e. The highest BCUT2D eigenvalue weighted by atomic mass is 35.5. The zero-order valence-corrected chi connectivity index (χ0v) is 12.8. The molecule has 3 amide bonds. The highest BCUT2D eigenvalue weighted by molar-refractivity contribution is 6.31. The Morgan fingerprint density at radius 1 is 1.38 bits per heavy atom. The Morgan fingerprint density at radius 2 is 2.14 bits per heavy atom. The summed E-state index contributed by atoms with van der Waals surface area (Å²) in [5.74, 6) is 0.135. The van der Waals surface area contributed by atoms with Gasteiger partial charge in [0.2, 0.25) is 5.91 Å². The number of nitrogens with zero attached hydrogens (tertiary/aromatic N) is 1. The summed E-state index contributed by atoms with van der Waals surface area (Å²) in [5, 5.41) is 6.31. The quantitative estimate of drug-likeness (QED) is 0.895. The Balaban J connectivity index is 1.76. The van der Waals surface area contributed by atoms with Gasteiger partial charge in [-0.2, -0.15) is 0 Å². The summed E-state index contributed by atoms with van der Waals surface area (Å²) in [6.07, 6.45) is 1.30. The highest BCUT2D eigenvalue weighted by Crippen LogP contribution is 2.14. The van der Waals surface area contributed by atoms with E-state index in [9.17, 15) is 9.59 Å². The highest BCUT2D eigenvalue weighted by Gasteiger charge is 2.26. The molecule has 0 aliphatic carbocycles. The number of likely N-dealkylation sites (tertiary alicyclic amines) is 1. The van der Waals surface area contributed by atoms with Gasteiger partial charge in [0, 0.05) is 37.1 Å². The Bertz CT molecular complexity index is 521. The molecule has 1 aliphatic rings. The van der Waals surface area contributed by atoms with Crippen LogP contribution in [0.15, 0.2) is 24.3 Å². The van der Waals surface area contributed by atoms with Crippen LogP contribution in [0.1, 0.15) is 25.3 Å². The van der Waals surface area contributed by atoms with Crippen molar-refractivity contribution in [3.05, 3.63) is 34.9 Å². The van der Waals surface area contributed by atoms with Crippen molar-refractivity contribution < 1.29 is 9.59 Å². The third-order valence-corrected chi connectivity index (χ3v) is 3.94. The average molecular weight is 310 g/mol. The van der Waals surface area contributed by atoms with E-state index >= 15 is 0 Å². The molecule has 0 saturated carbocycles. The van der Waals surface area contributed by atoms with Crippen LogP contribution in [-0.2, 0) is 11.3 Å². The van der Waals surface area contributed by atoms with E-state index < -0.39 is 0 Å². The Kier molecular flexibility index (Phi) is 5.44. The third-order valence-electron chi connectivity index (χ3n) is 3.58. The molecule has 1 heterocycles. The number of amides is 3. The van der Waals surface area contributed by atoms with Crippen molar-refractivity contribution in [3.63, 3.8) is 0 Å². The predicted octanol–water partition coefficient (Wildman–Crippen LogP) is 2.15. The maximum Gasteiger partial charge on any atom is 0.315 e. The standard InChI is InChI=1S/C15H20ClN3O2/c1-2-14(20)19-8-7-12(10-19)18-15(21)17-9-11-5-3-4-6-13(11)16/h3-6,12H,2,7-10H2,1H3,(H2,17,18,21)/t12-/m1/s1. The average Bonchev–Trinajstić information content (AvgIpc) is 2.94. The molecule has 1 aromatic rings. The molecule has 6 heteroatoms. The lowest BCUT2D eigenvalue weighted by atomic mass is 10.2. The van der Waals surface area contributed by atoms with Gasteiger partial charge in [-0.25, -0.2) is 4.79 Å². The third kappa shape index (κ3) is 4.36. The first-order valence-corrected chi connectivity index (χ1v) is 7.53. The molecule has 114 valence electrons. The smallest absolute Gasteiger partial charge is 0.315 e. The summed E-state index contributed by atoms with van der Waals surface area (Å²) >= 11 is 6.03. The first-order chi connectivity index (χ1) is 10.1. The van der Waals surface area contributed by atoms with Gasteiger partial charge in [-0.15, -0.1) is 0 Å². The van der Waals surface area contributed by atoms with Gasteiger partial charge >= 0.3 is 6.03 Å². The first kappa shape index (κ1) is 15.6. The fourth-order valence-electron chi connectivity index (χ4n) is 2.38. The van der Waals surface area contributed by atoms with Crippen molar-refractivity contribution in [1.82, 2.24) is 15.5 Å². The first-order valence-electron chi connectivity index (χ1n) is 7.15. The normalized spacial score (nSPS) is 17.6. The molecule has 1 aliphatic heterocycles.